The first kappa shape index (κ1) is 16.7. The molecular formula is C19H18N2O4. The molecule has 1 N–H and O–H groups in total. The van der Waals surface area contributed by atoms with Gasteiger partial charge in [-0.2, -0.15) is 0 Å². The normalized spacial score (nSPS) is 10.8. The molecule has 0 unspecified atom stereocenters. The van der Waals surface area contributed by atoms with Crippen molar-refractivity contribution in [2.24, 2.45) is 0 Å². The van der Waals surface area contributed by atoms with Crippen LogP contribution in [0.1, 0.15) is 22.3 Å². The fraction of sp³-hybridized carbons (Fsp3) is 0.211. The summed E-state index contributed by atoms with van der Waals surface area (Å²) in [5.41, 5.74) is 4.37. The quantitative estimate of drug-likeness (QED) is 0.437. The van der Waals surface area contributed by atoms with E-state index in [0.29, 0.717) is 23.4 Å². The second-order valence-electron chi connectivity index (χ2n) is 6.08. The molecule has 2 aromatic carbocycles. The van der Waals surface area contributed by atoms with Crippen molar-refractivity contribution in [3.8, 4) is 0 Å². The van der Waals surface area contributed by atoms with Gasteiger partial charge in [-0.15, -0.1) is 0 Å². The van der Waals surface area contributed by atoms with Gasteiger partial charge in [-0.25, -0.2) is 4.79 Å². The minimum absolute atomic E-state index is 0.0638. The van der Waals surface area contributed by atoms with Crippen LogP contribution in [0.3, 0.4) is 0 Å². The summed E-state index contributed by atoms with van der Waals surface area (Å²) in [5.74, 6) is 0. The van der Waals surface area contributed by atoms with Crippen LogP contribution in [0.15, 0.2) is 45.6 Å². The van der Waals surface area contributed by atoms with Gasteiger partial charge >= 0.3 is 5.63 Å². The Hall–Kier alpha value is -3.15. The van der Waals surface area contributed by atoms with Crippen molar-refractivity contribution in [2.75, 3.05) is 5.32 Å². The second kappa shape index (κ2) is 6.39. The van der Waals surface area contributed by atoms with E-state index < -0.39 is 10.5 Å². The van der Waals surface area contributed by atoms with Gasteiger partial charge < -0.3 is 9.73 Å². The number of fused-ring (bicyclic) bond motifs is 1. The van der Waals surface area contributed by atoms with E-state index in [2.05, 4.69) is 5.32 Å². The predicted octanol–water partition coefficient (Wildman–Crippen LogP) is 4.24. The van der Waals surface area contributed by atoms with E-state index >= 15 is 0 Å². The fourth-order valence-electron chi connectivity index (χ4n) is 2.83. The van der Waals surface area contributed by atoms with Crippen molar-refractivity contribution in [2.45, 2.75) is 27.3 Å². The van der Waals surface area contributed by atoms with Gasteiger partial charge in [0.25, 0.3) is 5.69 Å². The topological polar surface area (TPSA) is 85.4 Å². The van der Waals surface area contributed by atoms with E-state index in [1.807, 2.05) is 26.0 Å². The Labute approximate surface area is 144 Å². The highest BCUT2D eigenvalue weighted by atomic mass is 16.6. The highest BCUT2D eigenvalue weighted by Crippen LogP contribution is 2.27. The van der Waals surface area contributed by atoms with Gasteiger partial charge in [0.1, 0.15) is 5.58 Å². The van der Waals surface area contributed by atoms with Crippen molar-refractivity contribution >= 4 is 22.3 Å². The van der Waals surface area contributed by atoms with E-state index in [4.69, 9.17) is 4.42 Å². The van der Waals surface area contributed by atoms with Crippen LogP contribution < -0.4 is 10.9 Å². The molecule has 0 amide bonds. The van der Waals surface area contributed by atoms with Crippen LogP contribution >= 0.6 is 0 Å². The van der Waals surface area contributed by atoms with Gasteiger partial charge in [0.05, 0.1) is 4.92 Å². The van der Waals surface area contributed by atoms with Crippen LogP contribution in [-0.4, -0.2) is 4.92 Å². The second-order valence-corrected chi connectivity index (χ2v) is 6.08. The molecule has 0 aliphatic rings. The van der Waals surface area contributed by atoms with Gasteiger partial charge in [-0.3, -0.25) is 10.1 Å². The molecule has 0 radical (unpaired) electrons. The third-order valence-corrected chi connectivity index (χ3v) is 4.42. The molecule has 25 heavy (non-hydrogen) atoms. The summed E-state index contributed by atoms with van der Waals surface area (Å²) in [6.45, 7) is 6.03. The van der Waals surface area contributed by atoms with Crippen LogP contribution in [0.4, 0.5) is 11.4 Å². The largest absolute Gasteiger partial charge is 0.423 e. The smallest absolute Gasteiger partial charge is 0.336 e. The molecule has 0 aliphatic carbocycles. The average Bonchev–Trinajstić information content (AvgIpc) is 2.55. The first-order chi connectivity index (χ1) is 11.9. The maximum atomic E-state index is 11.8. The Morgan fingerprint density at radius 1 is 1.12 bits per heavy atom. The molecule has 0 fully saturated rings. The summed E-state index contributed by atoms with van der Waals surface area (Å²) in [4.78, 5) is 22.5. The van der Waals surface area contributed by atoms with Crippen LogP contribution in [0.2, 0.25) is 0 Å². The predicted molar refractivity (Wildman–Crippen MR) is 97.1 cm³/mol. The number of nitrogens with one attached hydrogen (secondary N) is 1. The number of nitrogens with zero attached hydrogens (tertiary/aromatic N) is 1. The zero-order valence-corrected chi connectivity index (χ0v) is 14.3. The Kier molecular flexibility index (Phi) is 4.27. The zero-order chi connectivity index (χ0) is 18.1. The number of nitro groups is 1. The Balaban J connectivity index is 1.99. The summed E-state index contributed by atoms with van der Waals surface area (Å²) in [5, 5.41) is 15.1. The highest BCUT2D eigenvalue weighted by molar-refractivity contribution is 5.82. The molecule has 3 aromatic rings. The standard InChI is InChI=1S/C19H18N2O4/c1-11-7-15-14(9-19(22)25-18(15)8-12(11)2)10-20-16-5-4-6-17(13(16)3)21(23)24/h4-9,20H,10H2,1-3H3. The molecule has 0 bridgehead atoms. The lowest BCUT2D eigenvalue weighted by Crippen LogP contribution is -2.07. The van der Waals surface area contributed by atoms with Crippen molar-refractivity contribution in [1.82, 2.24) is 0 Å². The zero-order valence-electron chi connectivity index (χ0n) is 14.3. The third kappa shape index (κ3) is 3.24. The number of hydrogen-bond acceptors (Lipinski definition) is 5. The molecule has 0 spiro atoms. The van der Waals surface area contributed by atoms with Crippen molar-refractivity contribution < 1.29 is 9.34 Å². The van der Waals surface area contributed by atoms with Gasteiger partial charge in [0.15, 0.2) is 0 Å². The number of hydrogen-bond donors (Lipinski definition) is 1. The number of rotatable bonds is 4. The van der Waals surface area contributed by atoms with Crippen molar-refractivity contribution in [1.29, 1.82) is 0 Å². The number of aryl methyl sites for hydroxylation is 2. The molecule has 0 aliphatic heterocycles. The van der Waals surface area contributed by atoms with E-state index in [-0.39, 0.29) is 5.69 Å². The summed E-state index contributed by atoms with van der Waals surface area (Å²) in [6.07, 6.45) is 0. The lowest BCUT2D eigenvalue weighted by Gasteiger charge is -2.12. The van der Waals surface area contributed by atoms with E-state index in [1.165, 1.54) is 12.1 Å². The summed E-state index contributed by atoms with van der Waals surface area (Å²) >= 11 is 0. The van der Waals surface area contributed by atoms with Gasteiger partial charge in [-0.05, 0) is 55.7 Å². The first-order valence-electron chi connectivity index (χ1n) is 7.88. The maximum absolute atomic E-state index is 11.8. The Bertz CT molecular complexity index is 1040. The summed E-state index contributed by atoms with van der Waals surface area (Å²) in [7, 11) is 0. The maximum Gasteiger partial charge on any atom is 0.336 e. The highest BCUT2D eigenvalue weighted by Gasteiger charge is 2.14. The number of nitro benzene ring substituents is 1. The van der Waals surface area contributed by atoms with E-state index in [9.17, 15) is 14.9 Å². The van der Waals surface area contributed by atoms with Crippen LogP contribution in [0.25, 0.3) is 11.0 Å². The minimum Gasteiger partial charge on any atom is -0.423 e. The molecule has 0 saturated carbocycles. The minimum atomic E-state index is -0.414. The SMILES string of the molecule is Cc1cc2oc(=O)cc(CNc3cccc([N+](=O)[O-])c3C)c2cc1C. The molecule has 6 heteroatoms. The van der Waals surface area contributed by atoms with Gasteiger partial charge in [0, 0.05) is 35.3 Å². The lowest BCUT2D eigenvalue weighted by atomic mass is 10.0. The van der Waals surface area contributed by atoms with Crippen molar-refractivity contribution in [3.63, 3.8) is 0 Å². The van der Waals surface area contributed by atoms with Crippen LogP contribution in [0.5, 0.6) is 0 Å². The number of benzene rings is 2. The Morgan fingerprint density at radius 3 is 2.56 bits per heavy atom. The van der Waals surface area contributed by atoms with Gasteiger partial charge in [0.2, 0.25) is 0 Å². The average molecular weight is 338 g/mol. The van der Waals surface area contributed by atoms with Crippen molar-refractivity contribution in [3.05, 3.63) is 79.2 Å². The van der Waals surface area contributed by atoms with Crippen LogP contribution in [-0.2, 0) is 6.54 Å². The van der Waals surface area contributed by atoms with Gasteiger partial charge in [-0.1, -0.05) is 6.07 Å². The van der Waals surface area contributed by atoms with Crippen LogP contribution in [0, 0.1) is 30.9 Å². The molecular weight excluding hydrogens is 320 g/mol. The first-order valence-corrected chi connectivity index (χ1v) is 7.88. The van der Waals surface area contributed by atoms with E-state index in [1.54, 1.807) is 19.1 Å². The lowest BCUT2D eigenvalue weighted by molar-refractivity contribution is -0.385. The molecule has 0 atom stereocenters. The molecule has 3 rings (SSSR count). The summed E-state index contributed by atoms with van der Waals surface area (Å²) in [6, 6.07) is 10.2. The van der Waals surface area contributed by atoms with E-state index in [0.717, 1.165) is 22.1 Å². The molecule has 1 aromatic heterocycles. The number of anilines is 1. The monoisotopic (exact) mass is 338 g/mol. The molecule has 0 saturated heterocycles. The molecule has 1 heterocycles. The summed E-state index contributed by atoms with van der Waals surface area (Å²) < 4.78 is 5.29. The Morgan fingerprint density at radius 2 is 1.84 bits per heavy atom. The molecule has 6 nitrogen and oxygen atoms in total. The molecule has 128 valence electrons. The third-order valence-electron chi connectivity index (χ3n) is 4.42. The fourth-order valence-corrected chi connectivity index (χ4v) is 2.83.